The lowest BCUT2D eigenvalue weighted by Gasteiger charge is -2.13. The van der Waals surface area contributed by atoms with E-state index in [1.165, 1.54) is 0 Å². The van der Waals surface area contributed by atoms with Crippen LogP contribution >= 0.6 is 0 Å². The number of aryl methyl sites for hydroxylation is 5. The van der Waals surface area contributed by atoms with Gasteiger partial charge in [-0.1, -0.05) is 18.2 Å². The molecule has 2 aromatic carbocycles. The Hall–Kier alpha value is -4.13. The summed E-state index contributed by atoms with van der Waals surface area (Å²) >= 11 is 0. The van der Waals surface area contributed by atoms with Gasteiger partial charge in [0.05, 0.1) is 18.4 Å². The number of nitrogens with one attached hydrogen (secondary N) is 1. The maximum Gasteiger partial charge on any atom is 0.379 e. The molecule has 2 aromatic heterocycles. The number of furan rings is 2. The highest BCUT2D eigenvalue weighted by Crippen LogP contribution is 2.31. The molecule has 5 rings (SSSR count). The van der Waals surface area contributed by atoms with E-state index in [2.05, 4.69) is 10.5 Å². The highest BCUT2D eigenvalue weighted by atomic mass is 16.5. The summed E-state index contributed by atoms with van der Waals surface area (Å²) in [6.07, 6.45) is 3.96. The van der Waals surface area contributed by atoms with Crippen LogP contribution in [0.25, 0.3) is 11.0 Å². The molecule has 7 nitrogen and oxygen atoms in total. The summed E-state index contributed by atoms with van der Waals surface area (Å²) in [5.41, 5.74) is 10.7. The van der Waals surface area contributed by atoms with Gasteiger partial charge in [-0.3, -0.25) is 4.79 Å². The number of carbonyl (C=O) groups excluding carboxylic acids is 2. The van der Waals surface area contributed by atoms with Crippen LogP contribution in [0.5, 0.6) is 5.75 Å². The first kappa shape index (κ1) is 24.6. The highest BCUT2D eigenvalue weighted by Gasteiger charge is 2.29. The van der Waals surface area contributed by atoms with Crippen LogP contribution in [0.2, 0.25) is 0 Å². The fraction of sp³-hybridized carbons (Fsp3) is 0.300. The second kappa shape index (κ2) is 9.73. The molecule has 190 valence electrons. The molecule has 7 heteroatoms. The van der Waals surface area contributed by atoms with Crippen LogP contribution < -0.4 is 10.2 Å². The van der Waals surface area contributed by atoms with Crippen molar-refractivity contribution in [3.63, 3.8) is 0 Å². The second-order valence-electron chi connectivity index (χ2n) is 9.84. The van der Waals surface area contributed by atoms with E-state index in [1.807, 2.05) is 65.0 Å². The van der Waals surface area contributed by atoms with Crippen LogP contribution in [0.15, 0.2) is 50.5 Å². The van der Waals surface area contributed by atoms with Gasteiger partial charge in [0.1, 0.15) is 17.1 Å². The number of hydrazone groups is 1. The normalized spacial score (nSPS) is 14.1. The van der Waals surface area contributed by atoms with Crippen LogP contribution in [0.4, 0.5) is 0 Å². The summed E-state index contributed by atoms with van der Waals surface area (Å²) in [5, 5.41) is 5.37. The molecule has 0 fully saturated rings. The predicted octanol–water partition coefficient (Wildman–Crippen LogP) is 6.19. The summed E-state index contributed by atoms with van der Waals surface area (Å²) < 4.78 is 17.3. The van der Waals surface area contributed by atoms with Crippen molar-refractivity contribution in [3.8, 4) is 5.75 Å². The Morgan fingerprint density at radius 1 is 1.00 bits per heavy atom. The van der Waals surface area contributed by atoms with Crippen molar-refractivity contribution in [2.45, 2.75) is 60.3 Å². The monoisotopic (exact) mass is 498 g/mol. The summed E-state index contributed by atoms with van der Waals surface area (Å²) in [6, 6.07) is 9.66. The summed E-state index contributed by atoms with van der Waals surface area (Å²) in [7, 11) is 0. The first-order valence-electron chi connectivity index (χ1n) is 12.5. The molecule has 0 radical (unpaired) electrons. The lowest BCUT2D eigenvalue weighted by Crippen LogP contribution is -2.23. The Bertz CT molecular complexity index is 1550. The van der Waals surface area contributed by atoms with E-state index in [9.17, 15) is 9.59 Å². The van der Waals surface area contributed by atoms with Crippen molar-refractivity contribution in [1.82, 2.24) is 5.43 Å². The first-order valence-corrected chi connectivity index (χ1v) is 12.5. The zero-order valence-electron chi connectivity index (χ0n) is 21.8. The standard InChI is InChI=1S/C30H30N2O5/c1-16-11-17(2)13-22(12-16)36-30(34)29-20(5)27-24(7-6-8-25(27)37-29)31-32-26(33)14-21-15-35-28-19(4)18(3)9-10-23(21)28/h9-13,15H,6-8,14H2,1-5H3,(H,32,33)/b31-24+. The smallest absolute Gasteiger partial charge is 0.379 e. The molecule has 2 heterocycles. The molecule has 0 unspecified atom stereocenters. The van der Waals surface area contributed by atoms with E-state index in [0.717, 1.165) is 50.8 Å². The third kappa shape index (κ3) is 4.81. The molecule has 0 aliphatic heterocycles. The number of ether oxygens (including phenoxy) is 1. The average Bonchev–Trinajstić information content (AvgIpc) is 3.41. The Balaban J connectivity index is 1.33. The fourth-order valence-corrected chi connectivity index (χ4v) is 4.99. The molecular formula is C30H30N2O5. The minimum absolute atomic E-state index is 0.150. The van der Waals surface area contributed by atoms with Crippen molar-refractivity contribution in [2.24, 2.45) is 5.10 Å². The molecule has 0 spiro atoms. The van der Waals surface area contributed by atoms with Gasteiger partial charge in [-0.25, -0.2) is 10.2 Å². The van der Waals surface area contributed by atoms with Crippen LogP contribution in [0.3, 0.4) is 0 Å². The van der Waals surface area contributed by atoms with E-state index < -0.39 is 5.97 Å². The minimum Gasteiger partial charge on any atom is -0.464 e. The molecular weight excluding hydrogens is 468 g/mol. The quantitative estimate of drug-likeness (QED) is 0.201. The van der Waals surface area contributed by atoms with E-state index in [0.29, 0.717) is 35.6 Å². The maximum atomic E-state index is 12.9. The van der Waals surface area contributed by atoms with E-state index in [1.54, 1.807) is 6.26 Å². The molecule has 1 aliphatic rings. The van der Waals surface area contributed by atoms with Gasteiger partial charge in [0.2, 0.25) is 11.7 Å². The number of nitrogens with zero attached hydrogens (tertiary/aromatic N) is 1. The molecule has 1 aliphatic carbocycles. The van der Waals surface area contributed by atoms with Gasteiger partial charge in [-0.15, -0.1) is 0 Å². The van der Waals surface area contributed by atoms with Gasteiger partial charge in [-0.2, -0.15) is 5.10 Å². The van der Waals surface area contributed by atoms with E-state index >= 15 is 0 Å². The van der Waals surface area contributed by atoms with Gasteiger partial charge in [0.15, 0.2) is 0 Å². The zero-order chi connectivity index (χ0) is 26.3. The van der Waals surface area contributed by atoms with Gasteiger partial charge in [0, 0.05) is 28.5 Å². The Morgan fingerprint density at radius 2 is 1.76 bits per heavy atom. The zero-order valence-corrected chi connectivity index (χ0v) is 21.8. The van der Waals surface area contributed by atoms with Gasteiger partial charge in [0.25, 0.3) is 0 Å². The number of benzene rings is 2. The fourth-order valence-electron chi connectivity index (χ4n) is 4.99. The number of esters is 1. The summed E-state index contributed by atoms with van der Waals surface area (Å²) in [6.45, 7) is 9.77. The largest absolute Gasteiger partial charge is 0.464 e. The van der Waals surface area contributed by atoms with Crippen LogP contribution in [-0.4, -0.2) is 17.6 Å². The first-order chi connectivity index (χ1) is 17.7. The number of carbonyl (C=O) groups is 2. The summed E-state index contributed by atoms with van der Waals surface area (Å²) in [4.78, 5) is 25.7. The Morgan fingerprint density at radius 3 is 2.51 bits per heavy atom. The molecule has 0 bridgehead atoms. The van der Waals surface area contributed by atoms with Crippen LogP contribution in [0.1, 0.15) is 68.1 Å². The minimum atomic E-state index is -0.544. The topological polar surface area (TPSA) is 94.0 Å². The third-order valence-electron chi connectivity index (χ3n) is 6.93. The number of hydrogen-bond donors (Lipinski definition) is 1. The van der Waals surface area contributed by atoms with Gasteiger partial charge < -0.3 is 13.6 Å². The predicted molar refractivity (Wildman–Crippen MR) is 141 cm³/mol. The van der Waals surface area contributed by atoms with Crippen molar-refractivity contribution >= 4 is 28.6 Å². The molecule has 37 heavy (non-hydrogen) atoms. The highest BCUT2D eigenvalue weighted by molar-refractivity contribution is 6.06. The van der Waals surface area contributed by atoms with Crippen LogP contribution in [0, 0.1) is 34.6 Å². The molecule has 1 N–H and O–H groups in total. The van der Waals surface area contributed by atoms with Crippen molar-refractivity contribution in [2.75, 3.05) is 0 Å². The number of amides is 1. The van der Waals surface area contributed by atoms with E-state index in [4.69, 9.17) is 13.6 Å². The summed E-state index contributed by atoms with van der Waals surface area (Å²) in [5.74, 6) is 0.555. The number of fused-ring (bicyclic) bond motifs is 2. The second-order valence-corrected chi connectivity index (χ2v) is 9.84. The average molecular weight is 499 g/mol. The molecule has 0 saturated carbocycles. The van der Waals surface area contributed by atoms with Crippen molar-refractivity contribution in [3.05, 3.63) is 87.1 Å². The maximum absolute atomic E-state index is 12.9. The molecule has 0 saturated heterocycles. The van der Waals surface area contributed by atoms with Gasteiger partial charge >= 0.3 is 5.97 Å². The van der Waals surface area contributed by atoms with Gasteiger partial charge in [-0.05, 0) is 81.8 Å². The number of rotatable bonds is 5. The molecule has 1 amide bonds. The molecule has 0 atom stereocenters. The van der Waals surface area contributed by atoms with Crippen molar-refractivity contribution < 1.29 is 23.2 Å². The molecule has 4 aromatic rings. The Kier molecular flexibility index (Phi) is 6.46. The number of hydrogen-bond acceptors (Lipinski definition) is 6. The van der Waals surface area contributed by atoms with E-state index in [-0.39, 0.29) is 18.1 Å². The SMILES string of the molecule is Cc1cc(C)cc(OC(=O)c2oc3c(c2C)/C(=N/NC(=O)Cc2coc4c(C)c(C)ccc24)CCC3)c1. The van der Waals surface area contributed by atoms with Crippen molar-refractivity contribution in [1.29, 1.82) is 0 Å². The van der Waals surface area contributed by atoms with Crippen LogP contribution in [-0.2, 0) is 17.6 Å². The Labute approximate surface area is 215 Å². The lowest BCUT2D eigenvalue weighted by atomic mass is 9.93. The third-order valence-corrected chi connectivity index (χ3v) is 6.93. The lowest BCUT2D eigenvalue weighted by molar-refractivity contribution is -0.120.